The van der Waals surface area contributed by atoms with Crippen LogP contribution in [-0.4, -0.2) is 62.8 Å². The molecule has 0 radical (unpaired) electrons. The van der Waals surface area contributed by atoms with Gasteiger partial charge in [0.05, 0.1) is 19.3 Å². The summed E-state index contributed by atoms with van der Waals surface area (Å²) in [7, 11) is 2.14. The monoisotopic (exact) mass is 282 g/mol. The Morgan fingerprint density at radius 3 is 2.80 bits per heavy atom. The third kappa shape index (κ3) is 5.29. The maximum absolute atomic E-state index is 5.76. The van der Waals surface area contributed by atoms with Gasteiger partial charge in [-0.1, -0.05) is 19.3 Å². The molecule has 20 heavy (non-hydrogen) atoms. The zero-order valence-electron chi connectivity index (χ0n) is 13.0. The molecule has 2 N–H and O–H groups in total. The van der Waals surface area contributed by atoms with Gasteiger partial charge in [-0.3, -0.25) is 4.99 Å². The summed E-state index contributed by atoms with van der Waals surface area (Å²) in [5.41, 5.74) is 0. The Hall–Kier alpha value is -0.810. The van der Waals surface area contributed by atoms with Crippen molar-refractivity contribution in [1.29, 1.82) is 0 Å². The number of likely N-dealkylation sites (N-methyl/N-ethyl adjacent to an activating group) is 1. The topological polar surface area (TPSA) is 48.9 Å². The first-order chi connectivity index (χ1) is 9.78. The molecule has 5 nitrogen and oxygen atoms in total. The molecule has 0 aromatic heterocycles. The number of hydrogen-bond acceptors (Lipinski definition) is 3. The van der Waals surface area contributed by atoms with Crippen LogP contribution in [0.4, 0.5) is 0 Å². The molecule has 0 aromatic rings. The first-order valence-electron chi connectivity index (χ1n) is 8.13. The van der Waals surface area contributed by atoms with Gasteiger partial charge in [0.1, 0.15) is 0 Å². The van der Waals surface area contributed by atoms with Gasteiger partial charge in [0.15, 0.2) is 5.96 Å². The highest BCUT2D eigenvalue weighted by Crippen LogP contribution is 2.17. The highest BCUT2D eigenvalue weighted by Gasteiger charge is 2.18. The summed E-state index contributed by atoms with van der Waals surface area (Å²) >= 11 is 0. The van der Waals surface area contributed by atoms with Crippen LogP contribution in [0.2, 0.25) is 0 Å². The summed E-state index contributed by atoms with van der Waals surface area (Å²) in [5.74, 6) is 0.955. The average Bonchev–Trinajstić information content (AvgIpc) is 2.46. The summed E-state index contributed by atoms with van der Waals surface area (Å²) < 4.78 is 5.76. The quantitative estimate of drug-likeness (QED) is 0.601. The average molecular weight is 282 g/mol. The Morgan fingerprint density at radius 1 is 1.30 bits per heavy atom. The first kappa shape index (κ1) is 15.6. The molecule has 1 unspecified atom stereocenters. The van der Waals surface area contributed by atoms with Crippen LogP contribution >= 0.6 is 0 Å². The van der Waals surface area contributed by atoms with E-state index in [-0.39, 0.29) is 6.10 Å². The molecule has 1 atom stereocenters. The molecule has 116 valence electrons. The van der Waals surface area contributed by atoms with Gasteiger partial charge in [0.25, 0.3) is 0 Å². The lowest BCUT2D eigenvalue weighted by atomic mass is 9.96. The molecule has 0 bridgehead atoms. The van der Waals surface area contributed by atoms with Gasteiger partial charge < -0.3 is 20.3 Å². The molecule has 2 rings (SSSR count). The van der Waals surface area contributed by atoms with Crippen molar-refractivity contribution >= 4 is 5.96 Å². The van der Waals surface area contributed by atoms with E-state index in [0.29, 0.717) is 6.04 Å². The van der Waals surface area contributed by atoms with Crippen molar-refractivity contribution < 1.29 is 4.74 Å². The van der Waals surface area contributed by atoms with E-state index in [1.165, 1.54) is 32.1 Å². The fourth-order valence-corrected chi connectivity index (χ4v) is 2.93. The highest BCUT2D eigenvalue weighted by atomic mass is 16.5. The molecular formula is C15H30N4O. The zero-order valence-corrected chi connectivity index (χ0v) is 13.0. The van der Waals surface area contributed by atoms with E-state index in [1.54, 1.807) is 0 Å². The standard InChI is InChI=1S/C15H30N4O/c1-3-16-15(18-13-7-5-4-6-8-13)17-11-14-12-19(2)9-10-20-14/h13-14H,3-12H2,1-2H3,(H2,16,17,18). The minimum atomic E-state index is 0.232. The van der Waals surface area contributed by atoms with Gasteiger partial charge >= 0.3 is 0 Å². The molecule has 1 heterocycles. The largest absolute Gasteiger partial charge is 0.374 e. The lowest BCUT2D eigenvalue weighted by Crippen LogP contribution is -2.46. The highest BCUT2D eigenvalue weighted by molar-refractivity contribution is 5.80. The van der Waals surface area contributed by atoms with E-state index in [9.17, 15) is 0 Å². The van der Waals surface area contributed by atoms with Gasteiger partial charge in [-0.2, -0.15) is 0 Å². The summed E-state index contributed by atoms with van der Waals surface area (Å²) in [6.45, 7) is 6.59. The predicted molar refractivity (Wildman–Crippen MR) is 83.2 cm³/mol. The van der Waals surface area contributed by atoms with Crippen molar-refractivity contribution in [3.05, 3.63) is 0 Å². The Bertz CT molecular complexity index is 302. The van der Waals surface area contributed by atoms with Crippen molar-refractivity contribution in [2.24, 2.45) is 4.99 Å². The Kier molecular flexibility index (Phi) is 6.60. The second-order valence-electron chi connectivity index (χ2n) is 5.95. The van der Waals surface area contributed by atoms with Crippen LogP contribution in [0.15, 0.2) is 4.99 Å². The molecule has 0 amide bonds. The second-order valence-corrected chi connectivity index (χ2v) is 5.95. The van der Waals surface area contributed by atoms with Crippen molar-refractivity contribution in [2.45, 2.75) is 51.2 Å². The van der Waals surface area contributed by atoms with E-state index in [0.717, 1.165) is 38.7 Å². The Balaban J connectivity index is 1.81. The van der Waals surface area contributed by atoms with Crippen molar-refractivity contribution in [3.63, 3.8) is 0 Å². The van der Waals surface area contributed by atoms with E-state index in [1.807, 2.05) is 0 Å². The van der Waals surface area contributed by atoms with Crippen LogP contribution in [0.3, 0.4) is 0 Å². The van der Waals surface area contributed by atoms with Crippen LogP contribution in [0.25, 0.3) is 0 Å². The molecular weight excluding hydrogens is 252 g/mol. The van der Waals surface area contributed by atoms with Crippen molar-refractivity contribution in [2.75, 3.05) is 39.8 Å². The van der Waals surface area contributed by atoms with Crippen molar-refractivity contribution in [3.8, 4) is 0 Å². The molecule has 2 fully saturated rings. The smallest absolute Gasteiger partial charge is 0.191 e. The molecule has 1 saturated carbocycles. The van der Waals surface area contributed by atoms with Crippen LogP contribution in [0, 0.1) is 0 Å². The first-order valence-corrected chi connectivity index (χ1v) is 8.13. The number of guanidine groups is 1. The maximum atomic E-state index is 5.76. The Morgan fingerprint density at radius 2 is 2.10 bits per heavy atom. The lowest BCUT2D eigenvalue weighted by Gasteiger charge is -2.29. The van der Waals surface area contributed by atoms with Gasteiger partial charge in [-0.25, -0.2) is 0 Å². The van der Waals surface area contributed by atoms with Gasteiger partial charge in [0.2, 0.25) is 0 Å². The minimum absolute atomic E-state index is 0.232. The molecule has 2 aliphatic rings. The fourth-order valence-electron chi connectivity index (χ4n) is 2.93. The number of nitrogens with one attached hydrogen (secondary N) is 2. The molecule has 1 saturated heterocycles. The SMILES string of the molecule is CCNC(=NCC1CN(C)CCO1)NC1CCCCC1. The number of morpholine rings is 1. The summed E-state index contributed by atoms with van der Waals surface area (Å²) in [4.78, 5) is 7.02. The fraction of sp³-hybridized carbons (Fsp3) is 0.933. The van der Waals surface area contributed by atoms with Gasteiger partial charge in [-0.15, -0.1) is 0 Å². The van der Waals surface area contributed by atoms with Crippen molar-refractivity contribution in [1.82, 2.24) is 15.5 Å². The van der Waals surface area contributed by atoms with E-state index >= 15 is 0 Å². The van der Waals surface area contributed by atoms with Crippen LogP contribution in [-0.2, 0) is 4.74 Å². The molecule has 1 aliphatic carbocycles. The van der Waals surface area contributed by atoms with Gasteiger partial charge in [-0.05, 0) is 26.8 Å². The number of aliphatic imine (C=N–C) groups is 1. The number of hydrogen-bond donors (Lipinski definition) is 2. The molecule has 5 heteroatoms. The third-order valence-electron chi connectivity index (χ3n) is 4.09. The van der Waals surface area contributed by atoms with Gasteiger partial charge in [0, 0.05) is 25.7 Å². The predicted octanol–water partition coefficient (Wildman–Crippen LogP) is 1.20. The van der Waals surface area contributed by atoms with Crippen LogP contribution in [0.1, 0.15) is 39.0 Å². The van der Waals surface area contributed by atoms with E-state index in [2.05, 4.69) is 29.5 Å². The Labute approximate surface area is 123 Å². The van der Waals surface area contributed by atoms with Crippen LogP contribution in [0.5, 0.6) is 0 Å². The zero-order chi connectivity index (χ0) is 14.2. The normalized spacial score (nSPS) is 26.5. The third-order valence-corrected chi connectivity index (χ3v) is 4.09. The minimum Gasteiger partial charge on any atom is -0.374 e. The molecule has 1 aliphatic heterocycles. The second kappa shape index (κ2) is 8.47. The van der Waals surface area contributed by atoms with Crippen LogP contribution < -0.4 is 10.6 Å². The summed E-state index contributed by atoms with van der Waals surface area (Å²) in [6, 6.07) is 0.594. The van der Waals surface area contributed by atoms with E-state index in [4.69, 9.17) is 9.73 Å². The molecule has 0 aromatic carbocycles. The number of rotatable bonds is 4. The molecule has 0 spiro atoms. The number of nitrogens with zero attached hydrogens (tertiary/aromatic N) is 2. The maximum Gasteiger partial charge on any atom is 0.191 e. The van der Waals surface area contributed by atoms with E-state index < -0.39 is 0 Å². The number of ether oxygens (including phenoxy) is 1. The lowest BCUT2D eigenvalue weighted by molar-refractivity contribution is -0.0136. The summed E-state index contributed by atoms with van der Waals surface area (Å²) in [6.07, 6.45) is 6.84. The summed E-state index contributed by atoms with van der Waals surface area (Å²) in [5, 5.41) is 6.93.